The van der Waals surface area contributed by atoms with Gasteiger partial charge in [0, 0.05) is 25.7 Å². The van der Waals surface area contributed by atoms with Gasteiger partial charge in [-0.3, -0.25) is 37.3 Å². The third-order valence-corrected chi connectivity index (χ3v) is 23.4. The van der Waals surface area contributed by atoms with Crippen molar-refractivity contribution in [3.8, 4) is 0 Å². The van der Waals surface area contributed by atoms with Crippen LogP contribution in [-0.2, 0) is 65.4 Å². The molecule has 0 saturated carbocycles. The van der Waals surface area contributed by atoms with Gasteiger partial charge in [0.2, 0.25) is 0 Å². The molecule has 0 aliphatic rings. The molecule has 0 aliphatic heterocycles. The van der Waals surface area contributed by atoms with Crippen LogP contribution in [0.2, 0.25) is 0 Å². The molecule has 0 saturated heterocycles. The Labute approximate surface area is 677 Å². The third kappa shape index (κ3) is 84.0. The maximum atomic E-state index is 13.2. The molecule has 2 unspecified atom stereocenters. The van der Waals surface area contributed by atoms with Crippen molar-refractivity contribution in [1.82, 2.24) is 0 Å². The monoisotopic (exact) mass is 1610 g/mol. The predicted molar refractivity (Wildman–Crippen MR) is 455 cm³/mol. The number of hydrogen-bond donors (Lipinski definition) is 3. The van der Waals surface area contributed by atoms with Crippen molar-refractivity contribution in [2.24, 2.45) is 11.8 Å². The number of aliphatic hydroxyl groups is 1. The maximum Gasteiger partial charge on any atom is 0.472 e. The number of unbranched alkanes of at least 4 members (excludes halogenated alkanes) is 60. The summed E-state index contributed by atoms with van der Waals surface area (Å²) in [4.78, 5) is 73.4. The standard InChI is InChI=1S/C91H178O17P2/c1-7-9-11-13-15-17-19-20-21-22-23-24-25-29-32-38-44-50-56-62-68-74-89(94)102-80-87(108-90(95)75-69-63-57-51-45-39-33-30-27-26-28-31-36-42-47-53-59-65-71-83(3)4)82-106-110(99,100)104-78-85(92)77-103-109(97,98)105-81-86(79-101-88(93)73-67-61-55-49-41-18-16-14-12-10-8-2)107-91(96)76-70-64-58-52-46-40-35-34-37-43-48-54-60-66-72-84(5)6/h83-87,92H,7-82H2,1-6H3,(H,97,98)(H,99,100)/t85-,86+,87+/m0/s1. The van der Waals surface area contributed by atoms with E-state index in [2.05, 4.69) is 41.5 Å². The molecule has 0 fully saturated rings. The molecular weight excluding hydrogens is 1430 g/mol. The van der Waals surface area contributed by atoms with Gasteiger partial charge in [0.15, 0.2) is 12.2 Å². The molecule has 0 spiro atoms. The van der Waals surface area contributed by atoms with Crippen LogP contribution in [-0.4, -0.2) is 96.7 Å². The van der Waals surface area contributed by atoms with E-state index in [1.54, 1.807) is 0 Å². The first kappa shape index (κ1) is 108. The summed E-state index contributed by atoms with van der Waals surface area (Å²) in [7, 11) is -9.93. The minimum absolute atomic E-state index is 0.108. The summed E-state index contributed by atoms with van der Waals surface area (Å²) < 4.78 is 69.1. The van der Waals surface area contributed by atoms with Crippen molar-refractivity contribution in [2.45, 2.75) is 509 Å². The van der Waals surface area contributed by atoms with Crippen molar-refractivity contribution in [3.05, 3.63) is 0 Å². The van der Waals surface area contributed by atoms with E-state index in [1.807, 2.05) is 0 Å². The van der Waals surface area contributed by atoms with Gasteiger partial charge in [0.25, 0.3) is 0 Å². The normalized spacial score (nSPS) is 13.7. The Morgan fingerprint density at radius 3 is 0.618 bits per heavy atom. The number of aliphatic hydroxyl groups excluding tert-OH is 1. The third-order valence-electron chi connectivity index (χ3n) is 21.5. The van der Waals surface area contributed by atoms with Crippen molar-refractivity contribution in [3.63, 3.8) is 0 Å². The molecule has 0 radical (unpaired) electrons. The molecule has 17 nitrogen and oxygen atoms in total. The Hall–Kier alpha value is -1.94. The van der Waals surface area contributed by atoms with Crippen LogP contribution >= 0.6 is 15.6 Å². The van der Waals surface area contributed by atoms with Crippen LogP contribution in [0, 0.1) is 11.8 Å². The molecular formula is C91H178O17P2. The summed E-state index contributed by atoms with van der Waals surface area (Å²) in [6, 6.07) is 0. The van der Waals surface area contributed by atoms with E-state index in [0.717, 1.165) is 102 Å². The summed E-state index contributed by atoms with van der Waals surface area (Å²) in [6.45, 7) is 9.76. The van der Waals surface area contributed by atoms with Crippen molar-refractivity contribution < 1.29 is 80.2 Å². The van der Waals surface area contributed by atoms with Crippen LogP contribution in [0.1, 0.15) is 491 Å². The predicted octanol–water partition coefficient (Wildman–Crippen LogP) is 28.2. The lowest BCUT2D eigenvalue weighted by Gasteiger charge is -2.21. The Balaban J connectivity index is 5.23. The number of esters is 4. The summed E-state index contributed by atoms with van der Waals surface area (Å²) in [5.74, 6) is -0.480. The van der Waals surface area contributed by atoms with Gasteiger partial charge in [-0.05, 0) is 37.5 Å². The average molecular weight is 1610 g/mol. The van der Waals surface area contributed by atoms with Gasteiger partial charge in [-0.2, -0.15) is 0 Å². The molecule has 0 bridgehead atoms. The molecule has 3 N–H and O–H groups in total. The highest BCUT2D eigenvalue weighted by atomic mass is 31.2. The van der Waals surface area contributed by atoms with Crippen molar-refractivity contribution in [2.75, 3.05) is 39.6 Å². The van der Waals surface area contributed by atoms with Gasteiger partial charge in [-0.25, -0.2) is 9.13 Å². The quantitative estimate of drug-likeness (QED) is 0.0222. The highest BCUT2D eigenvalue weighted by Gasteiger charge is 2.31. The number of phosphoric ester groups is 2. The number of hydrogen-bond acceptors (Lipinski definition) is 15. The largest absolute Gasteiger partial charge is 0.472 e. The summed E-state index contributed by atoms with van der Waals surface area (Å²) in [5.41, 5.74) is 0. The fourth-order valence-corrected chi connectivity index (χ4v) is 15.9. The zero-order valence-electron chi connectivity index (χ0n) is 72.6. The smallest absolute Gasteiger partial charge is 0.462 e. The second kappa shape index (κ2) is 82.2. The van der Waals surface area contributed by atoms with E-state index in [9.17, 15) is 43.2 Å². The first-order chi connectivity index (χ1) is 53.4. The Kier molecular flexibility index (Phi) is 80.7. The van der Waals surface area contributed by atoms with Crippen LogP contribution in [0.4, 0.5) is 0 Å². The maximum absolute atomic E-state index is 13.2. The minimum atomic E-state index is -4.97. The van der Waals surface area contributed by atoms with Crippen LogP contribution in [0.3, 0.4) is 0 Å². The first-order valence-corrected chi connectivity index (χ1v) is 50.0. The van der Waals surface area contributed by atoms with Crippen LogP contribution < -0.4 is 0 Å². The van der Waals surface area contributed by atoms with Gasteiger partial charge in [-0.15, -0.1) is 0 Å². The zero-order chi connectivity index (χ0) is 80.6. The lowest BCUT2D eigenvalue weighted by Crippen LogP contribution is -2.30. The van der Waals surface area contributed by atoms with E-state index in [1.165, 1.54) is 308 Å². The molecule has 0 aliphatic carbocycles. The molecule has 0 aromatic heterocycles. The van der Waals surface area contributed by atoms with Gasteiger partial charge in [-0.1, -0.05) is 440 Å². The average Bonchev–Trinajstić information content (AvgIpc) is 0.898. The Morgan fingerprint density at radius 1 is 0.245 bits per heavy atom. The van der Waals surface area contributed by atoms with E-state index >= 15 is 0 Å². The molecule has 0 heterocycles. The lowest BCUT2D eigenvalue weighted by molar-refractivity contribution is -0.161. The Morgan fingerprint density at radius 2 is 0.418 bits per heavy atom. The highest BCUT2D eigenvalue weighted by molar-refractivity contribution is 7.47. The van der Waals surface area contributed by atoms with E-state index in [4.69, 9.17) is 37.0 Å². The fourth-order valence-electron chi connectivity index (χ4n) is 14.3. The van der Waals surface area contributed by atoms with E-state index < -0.39 is 97.5 Å². The van der Waals surface area contributed by atoms with Gasteiger partial charge in [0.1, 0.15) is 19.3 Å². The SMILES string of the molecule is CCCCCCCCCCCCCCCCCCCCCCCC(=O)OC[C@H](COP(=O)(O)OC[C@@H](O)COP(=O)(O)OC[C@@H](COC(=O)CCCCCCCCCCCCC)OC(=O)CCCCCCCCCCCCCCCCC(C)C)OC(=O)CCCCCCCCCCCCCCCCCCCCC(C)C. The summed E-state index contributed by atoms with van der Waals surface area (Å²) in [6.07, 6.45) is 76.5. The van der Waals surface area contributed by atoms with Gasteiger partial charge < -0.3 is 33.8 Å². The van der Waals surface area contributed by atoms with E-state index in [0.29, 0.717) is 25.7 Å². The van der Waals surface area contributed by atoms with Crippen LogP contribution in [0.25, 0.3) is 0 Å². The van der Waals surface area contributed by atoms with Crippen molar-refractivity contribution >= 4 is 39.5 Å². The van der Waals surface area contributed by atoms with Crippen LogP contribution in [0.5, 0.6) is 0 Å². The molecule has 0 amide bonds. The second-order valence-corrected chi connectivity index (χ2v) is 36.6. The molecule has 110 heavy (non-hydrogen) atoms. The number of rotatable bonds is 90. The molecule has 5 atom stereocenters. The van der Waals surface area contributed by atoms with E-state index in [-0.39, 0.29) is 25.7 Å². The first-order valence-electron chi connectivity index (χ1n) is 47.0. The number of ether oxygens (including phenoxy) is 4. The molecule has 19 heteroatoms. The lowest BCUT2D eigenvalue weighted by atomic mass is 10.0. The van der Waals surface area contributed by atoms with Gasteiger partial charge >= 0.3 is 39.5 Å². The van der Waals surface area contributed by atoms with Crippen LogP contribution in [0.15, 0.2) is 0 Å². The summed E-state index contributed by atoms with van der Waals surface area (Å²) >= 11 is 0. The number of phosphoric acid groups is 2. The highest BCUT2D eigenvalue weighted by Crippen LogP contribution is 2.45. The number of carbonyl (C=O) groups excluding carboxylic acids is 4. The van der Waals surface area contributed by atoms with Crippen molar-refractivity contribution in [1.29, 1.82) is 0 Å². The Bertz CT molecular complexity index is 2100. The molecule has 0 aromatic carbocycles. The molecule has 654 valence electrons. The topological polar surface area (TPSA) is 237 Å². The number of carbonyl (C=O) groups is 4. The molecule has 0 aromatic rings. The van der Waals surface area contributed by atoms with Gasteiger partial charge in [0.05, 0.1) is 26.4 Å². The minimum Gasteiger partial charge on any atom is -0.462 e. The summed E-state index contributed by atoms with van der Waals surface area (Å²) in [5, 5.41) is 10.7. The molecule has 0 rings (SSSR count). The fraction of sp³-hybridized carbons (Fsp3) is 0.956. The zero-order valence-corrected chi connectivity index (χ0v) is 74.4. The second-order valence-electron chi connectivity index (χ2n) is 33.6.